The van der Waals surface area contributed by atoms with Gasteiger partial charge < -0.3 is 10.1 Å². The number of hydrogen-bond acceptors (Lipinski definition) is 3. The predicted molar refractivity (Wildman–Crippen MR) is 57.3 cm³/mol. The summed E-state index contributed by atoms with van der Waals surface area (Å²) in [4.78, 5) is 0. The molecule has 0 aromatic carbocycles. The zero-order chi connectivity index (χ0) is 9.10. The second-order valence-electron chi connectivity index (χ2n) is 4.01. The van der Waals surface area contributed by atoms with E-state index in [1.54, 1.807) is 0 Å². The van der Waals surface area contributed by atoms with E-state index in [0.29, 0.717) is 6.10 Å². The maximum absolute atomic E-state index is 5.57. The molecule has 2 aliphatic rings. The van der Waals surface area contributed by atoms with Crippen LogP contribution in [-0.2, 0) is 4.74 Å². The van der Waals surface area contributed by atoms with E-state index in [1.807, 2.05) is 0 Å². The van der Waals surface area contributed by atoms with Gasteiger partial charge in [-0.05, 0) is 32.7 Å². The van der Waals surface area contributed by atoms with Crippen LogP contribution in [0.4, 0.5) is 0 Å². The molecular formula is C10H19NOS. The minimum absolute atomic E-state index is 0.479. The molecule has 3 heteroatoms. The molecular weight excluding hydrogens is 182 g/mol. The van der Waals surface area contributed by atoms with Crippen molar-refractivity contribution in [2.24, 2.45) is 0 Å². The van der Waals surface area contributed by atoms with Gasteiger partial charge in [0.2, 0.25) is 0 Å². The zero-order valence-corrected chi connectivity index (χ0v) is 9.11. The molecule has 3 atom stereocenters. The number of nitrogens with one attached hydrogen (secondary N) is 1. The topological polar surface area (TPSA) is 21.3 Å². The summed E-state index contributed by atoms with van der Waals surface area (Å²) >= 11 is 2.15. The molecule has 0 aromatic heterocycles. The Hall–Kier alpha value is 0.270. The highest BCUT2D eigenvalue weighted by Crippen LogP contribution is 2.31. The van der Waals surface area contributed by atoms with E-state index in [9.17, 15) is 0 Å². The second kappa shape index (κ2) is 4.67. The van der Waals surface area contributed by atoms with Crippen LogP contribution in [0, 0.1) is 0 Å². The third kappa shape index (κ3) is 2.61. The van der Waals surface area contributed by atoms with Gasteiger partial charge in [0.15, 0.2) is 0 Å². The SMILES string of the molecule is CC1OCCC1SC1CCCNC1. The summed E-state index contributed by atoms with van der Waals surface area (Å²) in [7, 11) is 0. The van der Waals surface area contributed by atoms with Gasteiger partial charge in [-0.3, -0.25) is 0 Å². The van der Waals surface area contributed by atoms with E-state index < -0.39 is 0 Å². The normalized spacial score (nSPS) is 40.8. The third-order valence-electron chi connectivity index (χ3n) is 2.93. The van der Waals surface area contributed by atoms with Crippen molar-refractivity contribution >= 4 is 11.8 Å². The fraction of sp³-hybridized carbons (Fsp3) is 1.00. The van der Waals surface area contributed by atoms with E-state index in [0.717, 1.165) is 17.1 Å². The monoisotopic (exact) mass is 201 g/mol. The first-order valence-electron chi connectivity index (χ1n) is 5.34. The molecule has 3 unspecified atom stereocenters. The molecule has 2 saturated heterocycles. The molecule has 2 nitrogen and oxygen atoms in total. The molecule has 0 radical (unpaired) electrons. The third-order valence-corrected chi connectivity index (χ3v) is 4.68. The number of ether oxygens (including phenoxy) is 1. The summed E-state index contributed by atoms with van der Waals surface area (Å²) in [6.07, 6.45) is 4.47. The fourth-order valence-corrected chi connectivity index (χ4v) is 3.62. The Kier molecular flexibility index (Phi) is 3.52. The molecule has 0 spiro atoms. The van der Waals surface area contributed by atoms with Gasteiger partial charge in [0, 0.05) is 23.7 Å². The van der Waals surface area contributed by atoms with Crippen molar-refractivity contribution in [3.05, 3.63) is 0 Å². The first-order valence-corrected chi connectivity index (χ1v) is 6.28. The van der Waals surface area contributed by atoms with Crippen LogP contribution in [0.3, 0.4) is 0 Å². The Labute approximate surface area is 84.8 Å². The maximum Gasteiger partial charge on any atom is 0.0666 e. The first-order chi connectivity index (χ1) is 6.36. The smallest absolute Gasteiger partial charge is 0.0666 e. The van der Waals surface area contributed by atoms with Crippen molar-refractivity contribution in [2.75, 3.05) is 19.7 Å². The van der Waals surface area contributed by atoms with E-state index in [4.69, 9.17) is 4.74 Å². The van der Waals surface area contributed by atoms with Crippen molar-refractivity contribution in [3.8, 4) is 0 Å². The Morgan fingerprint density at radius 3 is 2.92 bits per heavy atom. The Morgan fingerprint density at radius 2 is 2.31 bits per heavy atom. The lowest BCUT2D eigenvalue weighted by atomic mass is 10.2. The number of piperidine rings is 1. The van der Waals surface area contributed by atoms with E-state index in [-0.39, 0.29) is 0 Å². The minimum atomic E-state index is 0.479. The van der Waals surface area contributed by atoms with E-state index >= 15 is 0 Å². The highest BCUT2D eigenvalue weighted by Gasteiger charge is 2.28. The molecule has 2 rings (SSSR count). The summed E-state index contributed by atoms with van der Waals surface area (Å²) < 4.78 is 5.57. The molecule has 2 heterocycles. The summed E-state index contributed by atoms with van der Waals surface area (Å²) in [5.41, 5.74) is 0. The number of thioether (sulfide) groups is 1. The predicted octanol–water partition coefficient (Wildman–Crippen LogP) is 1.65. The fourth-order valence-electron chi connectivity index (χ4n) is 2.07. The molecule has 76 valence electrons. The lowest BCUT2D eigenvalue weighted by Crippen LogP contribution is -2.33. The van der Waals surface area contributed by atoms with Crippen LogP contribution >= 0.6 is 11.8 Å². The first kappa shape index (κ1) is 9.81. The molecule has 13 heavy (non-hydrogen) atoms. The van der Waals surface area contributed by atoms with Crippen LogP contribution in [0.1, 0.15) is 26.2 Å². The molecule has 0 saturated carbocycles. The lowest BCUT2D eigenvalue weighted by Gasteiger charge is -2.26. The molecule has 0 bridgehead atoms. The molecule has 2 aliphatic heterocycles. The van der Waals surface area contributed by atoms with Crippen LogP contribution in [-0.4, -0.2) is 36.3 Å². The van der Waals surface area contributed by atoms with Gasteiger partial charge in [-0.25, -0.2) is 0 Å². The molecule has 0 aromatic rings. The quantitative estimate of drug-likeness (QED) is 0.734. The van der Waals surface area contributed by atoms with Crippen LogP contribution in [0.25, 0.3) is 0 Å². The lowest BCUT2D eigenvalue weighted by molar-refractivity contribution is 0.127. The van der Waals surface area contributed by atoms with Crippen LogP contribution in [0.5, 0.6) is 0 Å². The Balaban J connectivity index is 1.75. The van der Waals surface area contributed by atoms with Gasteiger partial charge in [-0.2, -0.15) is 11.8 Å². The summed E-state index contributed by atoms with van der Waals surface area (Å²) in [5.74, 6) is 0. The highest BCUT2D eigenvalue weighted by atomic mass is 32.2. The van der Waals surface area contributed by atoms with Crippen LogP contribution < -0.4 is 5.32 Å². The zero-order valence-electron chi connectivity index (χ0n) is 8.29. The van der Waals surface area contributed by atoms with E-state index in [2.05, 4.69) is 24.0 Å². The Bertz CT molecular complexity index is 159. The van der Waals surface area contributed by atoms with Gasteiger partial charge in [0.1, 0.15) is 0 Å². The summed E-state index contributed by atoms with van der Waals surface area (Å²) in [5, 5.41) is 5.05. The number of hydrogen-bond donors (Lipinski definition) is 1. The maximum atomic E-state index is 5.57. The van der Waals surface area contributed by atoms with Crippen molar-refractivity contribution in [1.29, 1.82) is 0 Å². The largest absolute Gasteiger partial charge is 0.377 e. The van der Waals surface area contributed by atoms with Crippen LogP contribution in [0.2, 0.25) is 0 Å². The summed E-state index contributed by atoms with van der Waals surface area (Å²) in [6, 6.07) is 0. The van der Waals surface area contributed by atoms with Crippen LogP contribution in [0.15, 0.2) is 0 Å². The molecule has 2 fully saturated rings. The minimum Gasteiger partial charge on any atom is -0.377 e. The molecule has 0 amide bonds. The standard InChI is InChI=1S/C10H19NOS/c1-8-10(4-6-12-8)13-9-3-2-5-11-7-9/h8-11H,2-7H2,1H3. The van der Waals surface area contributed by atoms with Crippen molar-refractivity contribution < 1.29 is 4.74 Å². The molecule has 0 aliphatic carbocycles. The summed E-state index contributed by atoms with van der Waals surface area (Å²) in [6.45, 7) is 5.60. The van der Waals surface area contributed by atoms with E-state index in [1.165, 1.54) is 32.4 Å². The average molecular weight is 201 g/mol. The Morgan fingerprint density at radius 1 is 1.38 bits per heavy atom. The van der Waals surface area contributed by atoms with Gasteiger partial charge >= 0.3 is 0 Å². The number of rotatable bonds is 2. The van der Waals surface area contributed by atoms with Crippen molar-refractivity contribution in [1.82, 2.24) is 5.32 Å². The van der Waals surface area contributed by atoms with Crippen molar-refractivity contribution in [2.45, 2.75) is 42.8 Å². The van der Waals surface area contributed by atoms with Gasteiger partial charge in [0.05, 0.1) is 6.10 Å². The second-order valence-corrected chi connectivity index (χ2v) is 5.55. The highest BCUT2D eigenvalue weighted by molar-refractivity contribution is 8.00. The average Bonchev–Trinajstić information content (AvgIpc) is 2.54. The van der Waals surface area contributed by atoms with Gasteiger partial charge in [0.25, 0.3) is 0 Å². The van der Waals surface area contributed by atoms with Gasteiger partial charge in [-0.15, -0.1) is 0 Å². The van der Waals surface area contributed by atoms with Gasteiger partial charge in [-0.1, -0.05) is 0 Å². The molecule has 1 N–H and O–H groups in total. The van der Waals surface area contributed by atoms with Crippen molar-refractivity contribution in [3.63, 3.8) is 0 Å².